The molecule has 0 saturated carbocycles. The smallest absolute Gasteiger partial charge is 0.279 e. The Labute approximate surface area is 94.6 Å². The minimum Gasteiger partial charge on any atom is -0.284 e. The Morgan fingerprint density at radius 2 is 0.941 bits per heavy atom. The van der Waals surface area contributed by atoms with Crippen LogP contribution in [-0.4, -0.2) is 36.0 Å². The predicted octanol–water partition coefficient (Wildman–Crippen LogP) is -0.306. The van der Waals surface area contributed by atoms with Gasteiger partial charge in [0.05, 0.1) is 0 Å². The summed E-state index contributed by atoms with van der Waals surface area (Å²) >= 11 is 0. The van der Waals surface area contributed by atoms with Gasteiger partial charge in [0.25, 0.3) is 11.7 Å². The molecule has 0 radical (unpaired) electrons. The molecule has 0 bridgehead atoms. The quantitative estimate of drug-likeness (QED) is 0.463. The van der Waals surface area contributed by atoms with Crippen LogP contribution in [0.5, 0.6) is 0 Å². The van der Waals surface area contributed by atoms with Crippen molar-refractivity contribution in [2.75, 3.05) is 0 Å². The van der Waals surface area contributed by atoms with E-state index in [1.807, 2.05) is 0 Å². The van der Waals surface area contributed by atoms with Gasteiger partial charge in [0.15, 0.2) is 0 Å². The number of carbonyl (C=O) groups excluding carboxylic acids is 4. The van der Waals surface area contributed by atoms with Gasteiger partial charge in [-0.25, -0.2) is 19.2 Å². The Kier molecular flexibility index (Phi) is 5.24. The first-order valence-corrected chi connectivity index (χ1v) is 4.01. The zero-order valence-corrected chi connectivity index (χ0v) is 8.83. The van der Waals surface area contributed by atoms with E-state index in [-0.39, 0.29) is 0 Å². The molecular formula is C8H6N4O5. The van der Waals surface area contributed by atoms with Gasteiger partial charge in [-0.1, -0.05) is 0 Å². The highest BCUT2D eigenvalue weighted by atomic mass is 16.6. The maximum Gasteiger partial charge on any atom is 0.279 e. The third kappa shape index (κ3) is 4.68. The van der Waals surface area contributed by atoms with E-state index in [2.05, 4.69) is 20.0 Å². The fourth-order valence-corrected chi connectivity index (χ4v) is 0.846. The summed E-state index contributed by atoms with van der Waals surface area (Å²) in [6.07, 6.45) is 4.39. The second kappa shape index (κ2) is 6.15. The van der Waals surface area contributed by atoms with Crippen molar-refractivity contribution < 1.29 is 23.9 Å². The van der Waals surface area contributed by atoms with Crippen molar-refractivity contribution in [3.05, 3.63) is 0 Å². The summed E-state index contributed by atoms with van der Waals surface area (Å²) < 4.78 is 4.87. The van der Waals surface area contributed by atoms with Gasteiger partial charge < -0.3 is 0 Å². The second-order valence-corrected chi connectivity index (χ2v) is 2.78. The number of ether oxygens (including phenoxy) is 1. The third-order valence-corrected chi connectivity index (χ3v) is 1.40. The largest absolute Gasteiger partial charge is 0.284 e. The molecule has 0 aromatic rings. The van der Waals surface area contributed by atoms with Crippen molar-refractivity contribution in [1.29, 1.82) is 0 Å². The summed E-state index contributed by atoms with van der Waals surface area (Å²) in [5.41, 5.74) is 0. The van der Waals surface area contributed by atoms with Crippen LogP contribution in [0.3, 0.4) is 0 Å². The van der Waals surface area contributed by atoms with Crippen molar-refractivity contribution in [1.82, 2.24) is 0 Å². The number of isocyanates is 4. The zero-order chi connectivity index (χ0) is 13.4. The van der Waals surface area contributed by atoms with E-state index in [9.17, 15) is 19.2 Å². The summed E-state index contributed by atoms with van der Waals surface area (Å²) in [5, 5.41) is 0. The Hall–Kier alpha value is -2.52. The molecule has 0 amide bonds. The number of rotatable bonds is 6. The molecule has 0 aliphatic rings. The van der Waals surface area contributed by atoms with Crippen LogP contribution >= 0.6 is 0 Å². The lowest BCUT2D eigenvalue weighted by molar-refractivity contribution is -0.122. The van der Waals surface area contributed by atoms with Crippen LogP contribution in [0.2, 0.25) is 0 Å². The average Bonchev–Trinajstić information content (AvgIpc) is 2.17. The van der Waals surface area contributed by atoms with Gasteiger partial charge in [-0.05, 0) is 0 Å². The van der Waals surface area contributed by atoms with Crippen molar-refractivity contribution in [2.24, 2.45) is 20.0 Å². The van der Waals surface area contributed by atoms with E-state index < -0.39 is 11.7 Å². The van der Waals surface area contributed by atoms with E-state index >= 15 is 0 Å². The molecule has 0 spiro atoms. The van der Waals surface area contributed by atoms with Crippen LogP contribution in [0, 0.1) is 0 Å². The summed E-state index contributed by atoms with van der Waals surface area (Å²) in [7, 11) is 0. The van der Waals surface area contributed by atoms with Crippen molar-refractivity contribution >= 4 is 24.3 Å². The maximum atomic E-state index is 10.1. The van der Waals surface area contributed by atoms with E-state index in [1.165, 1.54) is 0 Å². The predicted molar refractivity (Wildman–Crippen MR) is 50.4 cm³/mol. The molecule has 0 fully saturated rings. The molecule has 0 aliphatic carbocycles. The van der Waals surface area contributed by atoms with Crippen LogP contribution in [0.25, 0.3) is 0 Å². The molecule has 0 aliphatic heterocycles. The minimum absolute atomic E-state index is 1.07. The number of hydrogen-bond acceptors (Lipinski definition) is 9. The first-order chi connectivity index (χ1) is 7.95. The first-order valence-electron chi connectivity index (χ1n) is 4.01. The third-order valence-electron chi connectivity index (χ3n) is 1.40. The molecule has 0 aromatic carbocycles. The van der Waals surface area contributed by atoms with E-state index in [0.717, 1.165) is 38.2 Å². The molecule has 0 unspecified atom stereocenters. The zero-order valence-electron chi connectivity index (χ0n) is 8.83. The highest BCUT2D eigenvalue weighted by Crippen LogP contribution is 2.24. The van der Waals surface area contributed by atoms with Gasteiger partial charge in [0.1, 0.15) is 0 Å². The number of aliphatic imine (C=N–C) groups is 4. The normalized spacial score (nSPS) is 15.6. The van der Waals surface area contributed by atoms with Crippen LogP contribution in [0.15, 0.2) is 20.0 Å². The Morgan fingerprint density at radius 1 is 0.706 bits per heavy atom. The fraction of sp³-hybridized carbons (Fsp3) is 0.500. The lowest BCUT2D eigenvalue weighted by Gasteiger charge is -2.25. The monoisotopic (exact) mass is 238 g/mol. The first kappa shape index (κ1) is 14.5. The summed E-state index contributed by atoms with van der Waals surface area (Å²) in [6.45, 7) is 2.14. The van der Waals surface area contributed by atoms with Crippen molar-refractivity contribution in [3.63, 3.8) is 0 Å². The molecule has 0 rings (SSSR count). The topological polar surface area (TPSA) is 127 Å². The van der Waals surface area contributed by atoms with Gasteiger partial charge >= 0.3 is 0 Å². The number of hydrogen-bond donors (Lipinski definition) is 0. The molecule has 0 N–H and O–H groups in total. The van der Waals surface area contributed by atoms with E-state index in [0.29, 0.717) is 0 Å². The van der Waals surface area contributed by atoms with Crippen LogP contribution in [-0.2, 0) is 23.9 Å². The maximum absolute atomic E-state index is 10.1. The highest BCUT2D eigenvalue weighted by Gasteiger charge is 2.36. The van der Waals surface area contributed by atoms with Crippen molar-refractivity contribution in [2.45, 2.75) is 25.5 Å². The van der Waals surface area contributed by atoms with Crippen LogP contribution < -0.4 is 0 Å². The summed E-state index contributed by atoms with van der Waals surface area (Å²) in [6, 6.07) is 0. The lowest BCUT2D eigenvalue weighted by atomic mass is 10.4. The van der Waals surface area contributed by atoms with Crippen LogP contribution in [0.4, 0.5) is 0 Å². The van der Waals surface area contributed by atoms with Gasteiger partial charge in [0.2, 0.25) is 24.3 Å². The summed E-state index contributed by atoms with van der Waals surface area (Å²) in [5.74, 6) is -4.11. The molecule has 17 heavy (non-hydrogen) atoms. The Bertz CT molecular complexity index is 396. The van der Waals surface area contributed by atoms with Gasteiger partial charge in [-0.3, -0.25) is 4.74 Å². The molecule has 0 heterocycles. The van der Waals surface area contributed by atoms with Gasteiger partial charge in [0, 0.05) is 13.8 Å². The molecule has 0 atom stereocenters. The van der Waals surface area contributed by atoms with Crippen LogP contribution in [0.1, 0.15) is 13.8 Å². The highest BCUT2D eigenvalue weighted by molar-refractivity contribution is 5.39. The van der Waals surface area contributed by atoms with Gasteiger partial charge in [-0.15, -0.1) is 20.0 Å². The molecule has 9 heteroatoms. The SMILES string of the molecule is CC(N=C=O)(N=C=O)OC(C)(N=C=O)N=C=O. The standard InChI is InChI=1S/C8H6N4O5/c1-7(9-3-13,10-4-14)17-8(2,11-5-15)12-6-16/h1-2H3. The molecule has 9 nitrogen and oxygen atoms in total. The fourth-order valence-electron chi connectivity index (χ4n) is 0.846. The number of nitrogens with zero attached hydrogens (tertiary/aromatic N) is 4. The minimum atomic E-state index is -2.06. The summed E-state index contributed by atoms with van der Waals surface area (Å²) in [4.78, 5) is 52.7. The van der Waals surface area contributed by atoms with E-state index in [4.69, 9.17) is 4.74 Å². The molecule has 88 valence electrons. The molecule has 0 saturated heterocycles. The van der Waals surface area contributed by atoms with Gasteiger partial charge in [-0.2, -0.15) is 0 Å². The molecule has 0 aromatic heterocycles. The second-order valence-electron chi connectivity index (χ2n) is 2.78. The lowest BCUT2D eigenvalue weighted by Crippen LogP contribution is -2.36. The van der Waals surface area contributed by atoms with Crippen molar-refractivity contribution in [3.8, 4) is 0 Å². The average molecular weight is 238 g/mol. The Balaban J connectivity index is 5.48. The Morgan fingerprint density at radius 3 is 1.12 bits per heavy atom. The molecular weight excluding hydrogens is 232 g/mol. The van der Waals surface area contributed by atoms with E-state index in [1.54, 1.807) is 0 Å².